The highest BCUT2D eigenvalue weighted by Gasteiger charge is 2.29. The lowest BCUT2D eigenvalue weighted by molar-refractivity contribution is -0.137. The van der Waals surface area contributed by atoms with Gasteiger partial charge in [0.1, 0.15) is 0 Å². The predicted molar refractivity (Wildman–Crippen MR) is 53.0 cm³/mol. The maximum Gasteiger partial charge on any atom is 0.303 e. The van der Waals surface area contributed by atoms with E-state index in [1.807, 2.05) is 13.0 Å². The molecule has 0 bridgehead atoms. The van der Waals surface area contributed by atoms with Crippen LogP contribution in [-0.2, 0) is 9.59 Å². The largest absolute Gasteiger partial charge is 0.481 e. The molecular formula is C11H16O3. The molecule has 0 saturated heterocycles. The third-order valence-corrected chi connectivity index (χ3v) is 3.03. The van der Waals surface area contributed by atoms with E-state index in [0.717, 1.165) is 12.8 Å². The molecule has 0 radical (unpaired) electrons. The summed E-state index contributed by atoms with van der Waals surface area (Å²) in [6.45, 7) is 2.04. The Morgan fingerprint density at radius 3 is 2.79 bits per heavy atom. The molecule has 0 aliphatic heterocycles. The number of aliphatic carboxylic acids is 1. The van der Waals surface area contributed by atoms with E-state index in [2.05, 4.69) is 0 Å². The number of carbonyl (C=O) groups excluding carboxylic acids is 1. The first-order chi connectivity index (χ1) is 6.58. The summed E-state index contributed by atoms with van der Waals surface area (Å²) in [5, 5.41) is 8.62. The highest BCUT2D eigenvalue weighted by molar-refractivity contribution is 5.90. The first kappa shape index (κ1) is 11.0. The fourth-order valence-corrected chi connectivity index (χ4v) is 1.84. The second kappa shape index (κ2) is 4.40. The van der Waals surface area contributed by atoms with Gasteiger partial charge < -0.3 is 5.11 Å². The van der Waals surface area contributed by atoms with Crippen molar-refractivity contribution in [1.29, 1.82) is 0 Å². The lowest BCUT2D eigenvalue weighted by Gasteiger charge is -2.31. The van der Waals surface area contributed by atoms with E-state index < -0.39 is 5.97 Å². The molecule has 1 rings (SSSR count). The van der Waals surface area contributed by atoms with E-state index in [0.29, 0.717) is 12.8 Å². The Labute approximate surface area is 83.8 Å². The third kappa shape index (κ3) is 2.69. The summed E-state index contributed by atoms with van der Waals surface area (Å²) >= 11 is 0. The van der Waals surface area contributed by atoms with E-state index >= 15 is 0 Å². The Bertz CT molecular complexity index is 268. The lowest BCUT2D eigenvalue weighted by Crippen LogP contribution is -2.23. The Balaban J connectivity index is 2.62. The fraction of sp³-hybridized carbons (Fsp3) is 0.636. The second-order valence-corrected chi connectivity index (χ2v) is 3.91. The predicted octanol–water partition coefficient (Wildman–Crippen LogP) is 2.17. The number of carboxylic acids is 1. The monoisotopic (exact) mass is 196 g/mol. The van der Waals surface area contributed by atoms with Crippen molar-refractivity contribution < 1.29 is 14.7 Å². The van der Waals surface area contributed by atoms with E-state index in [-0.39, 0.29) is 17.6 Å². The number of ketones is 1. The first-order valence-corrected chi connectivity index (χ1v) is 5.02. The van der Waals surface area contributed by atoms with Gasteiger partial charge in [0.2, 0.25) is 0 Å². The summed E-state index contributed by atoms with van der Waals surface area (Å²) in [4.78, 5) is 21.5. The minimum Gasteiger partial charge on any atom is -0.481 e. The molecule has 0 heterocycles. The second-order valence-electron chi connectivity index (χ2n) is 3.91. The van der Waals surface area contributed by atoms with Crippen molar-refractivity contribution in [2.45, 2.75) is 39.0 Å². The van der Waals surface area contributed by atoms with Crippen molar-refractivity contribution in [3.05, 3.63) is 12.2 Å². The lowest BCUT2D eigenvalue weighted by atomic mass is 9.73. The average Bonchev–Trinajstić information content (AvgIpc) is 2.18. The van der Waals surface area contributed by atoms with Crippen molar-refractivity contribution in [3.63, 3.8) is 0 Å². The van der Waals surface area contributed by atoms with Gasteiger partial charge in [-0.2, -0.15) is 0 Å². The van der Waals surface area contributed by atoms with E-state index in [1.54, 1.807) is 6.08 Å². The number of hydrogen-bond donors (Lipinski definition) is 1. The van der Waals surface area contributed by atoms with Crippen LogP contribution in [0, 0.1) is 5.41 Å². The van der Waals surface area contributed by atoms with Crippen LogP contribution >= 0.6 is 0 Å². The van der Waals surface area contributed by atoms with Gasteiger partial charge in [-0.3, -0.25) is 9.59 Å². The number of rotatable bonds is 4. The minimum absolute atomic E-state index is 0.0493. The van der Waals surface area contributed by atoms with Gasteiger partial charge in [0, 0.05) is 12.8 Å². The number of carboxylic acid groups (broad SMARTS) is 1. The molecule has 0 saturated carbocycles. The van der Waals surface area contributed by atoms with Gasteiger partial charge in [0.25, 0.3) is 0 Å². The van der Waals surface area contributed by atoms with Gasteiger partial charge in [-0.25, -0.2) is 0 Å². The van der Waals surface area contributed by atoms with Crippen molar-refractivity contribution in [3.8, 4) is 0 Å². The van der Waals surface area contributed by atoms with Gasteiger partial charge in [0.15, 0.2) is 5.78 Å². The standard InChI is InChI=1S/C11H16O3/c1-2-11(8-5-10(13)14)6-3-9(12)4-7-11/h3,6H,2,4-5,7-8H2,1H3,(H,13,14)/t11-/m1/s1. The molecule has 3 heteroatoms. The Hall–Kier alpha value is -1.12. The third-order valence-electron chi connectivity index (χ3n) is 3.03. The number of hydrogen-bond acceptors (Lipinski definition) is 2. The Kier molecular flexibility index (Phi) is 3.44. The molecule has 0 aromatic rings. The normalized spacial score (nSPS) is 26.5. The summed E-state index contributed by atoms with van der Waals surface area (Å²) in [7, 11) is 0. The smallest absolute Gasteiger partial charge is 0.303 e. The van der Waals surface area contributed by atoms with Crippen LogP contribution < -0.4 is 0 Å². The van der Waals surface area contributed by atoms with Gasteiger partial charge in [-0.1, -0.05) is 13.0 Å². The molecule has 1 N–H and O–H groups in total. The first-order valence-electron chi connectivity index (χ1n) is 5.02. The summed E-state index contributed by atoms with van der Waals surface area (Å²) in [6.07, 6.45) is 6.60. The van der Waals surface area contributed by atoms with Crippen LogP contribution in [0.1, 0.15) is 39.0 Å². The van der Waals surface area contributed by atoms with Crippen molar-refractivity contribution in [2.75, 3.05) is 0 Å². The molecule has 3 nitrogen and oxygen atoms in total. The topological polar surface area (TPSA) is 54.4 Å². The van der Waals surface area contributed by atoms with E-state index in [9.17, 15) is 9.59 Å². The summed E-state index contributed by atoms with van der Waals surface area (Å²) in [5.41, 5.74) is -0.0493. The molecule has 0 spiro atoms. The Morgan fingerprint density at radius 1 is 1.64 bits per heavy atom. The molecule has 0 aromatic carbocycles. The summed E-state index contributed by atoms with van der Waals surface area (Å²) < 4.78 is 0. The number of allylic oxidation sites excluding steroid dienone is 2. The number of carbonyl (C=O) groups is 2. The molecule has 0 fully saturated rings. The fourth-order valence-electron chi connectivity index (χ4n) is 1.84. The quantitative estimate of drug-likeness (QED) is 0.749. The average molecular weight is 196 g/mol. The van der Waals surface area contributed by atoms with Crippen LogP contribution in [0.4, 0.5) is 0 Å². The zero-order valence-corrected chi connectivity index (χ0v) is 8.45. The van der Waals surface area contributed by atoms with Crippen LogP contribution in [-0.4, -0.2) is 16.9 Å². The van der Waals surface area contributed by atoms with E-state index in [4.69, 9.17) is 5.11 Å². The van der Waals surface area contributed by atoms with Gasteiger partial charge >= 0.3 is 5.97 Å². The zero-order valence-electron chi connectivity index (χ0n) is 8.45. The summed E-state index contributed by atoms with van der Waals surface area (Å²) in [5.74, 6) is -0.604. The Morgan fingerprint density at radius 2 is 2.36 bits per heavy atom. The van der Waals surface area contributed by atoms with Crippen molar-refractivity contribution in [2.24, 2.45) is 5.41 Å². The highest BCUT2D eigenvalue weighted by atomic mass is 16.4. The highest BCUT2D eigenvalue weighted by Crippen LogP contribution is 2.37. The molecule has 78 valence electrons. The van der Waals surface area contributed by atoms with Crippen LogP contribution in [0.25, 0.3) is 0 Å². The molecule has 1 atom stereocenters. The zero-order chi connectivity index (χ0) is 10.6. The van der Waals surface area contributed by atoms with Crippen LogP contribution in [0.5, 0.6) is 0 Å². The molecule has 0 unspecified atom stereocenters. The van der Waals surface area contributed by atoms with Gasteiger partial charge in [-0.05, 0) is 30.8 Å². The SMILES string of the molecule is CC[C@@]1(CCC(=O)O)C=CC(=O)CC1. The van der Waals surface area contributed by atoms with Crippen LogP contribution in [0.3, 0.4) is 0 Å². The van der Waals surface area contributed by atoms with E-state index in [1.165, 1.54) is 0 Å². The van der Waals surface area contributed by atoms with Gasteiger partial charge in [0.05, 0.1) is 0 Å². The van der Waals surface area contributed by atoms with Crippen LogP contribution in [0.2, 0.25) is 0 Å². The van der Waals surface area contributed by atoms with Gasteiger partial charge in [-0.15, -0.1) is 0 Å². The molecule has 1 aliphatic rings. The minimum atomic E-state index is -0.761. The maximum absolute atomic E-state index is 11.0. The molecular weight excluding hydrogens is 180 g/mol. The molecule has 1 aliphatic carbocycles. The van der Waals surface area contributed by atoms with Crippen LogP contribution in [0.15, 0.2) is 12.2 Å². The maximum atomic E-state index is 11.0. The molecule has 14 heavy (non-hydrogen) atoms. The summed E-state index contributed by atoms with van der Waals surface area (Å²) in [6, 6.07) is 0. The molecule has 0 aromatic heterocycles. The molecule has 0 amide bonds. The van der Waals surface area contributed by atoms with Crippen molar-refractivity contribution in [1.82, 2.24) is 0 Å². The van der Waals surface area contributed by atoms with Crippen molar-refractivity contribution >= 4 is 11.8 Å².